The van der Waals surface area contributed by atoms with E-state index >= 15 is 0 Å². The highest BCUT2D eigenvalue weighted by Crippen LogP contribution is 2.44. The van der Waals surface area contributed by atoms with E-state index in [0.717, 1.165) is 11.1 Å². The van der Waals surface area contributed by atoms with Gasteiger partial charge in [0, 0.05) is 10.0 Å². The van der Waals surface area contributed by atoms with Gasteiger partial charge in [-0.05, 0) is 43.5 Å². The molecule has 0 aliphatic rings. The fourth-order valence-corrected chi connectivity index (χ4v) is 2.38. The van der Waals surface area contributed by atoms with Crippen molar-refractivity contribution in [2.75, 3.05) is 0 Å². The third kappa shape index (κ3) is 1.95. The highest BCUT2D eigenvalue weighted by atomic mass is 79.9. The molecule has 2 aromatic rings. The standard InChI is InChI=1S/C12H8Br2O2/c13-10-8(7-4-2-1-3-5-7)6-9(15)12(16)11(10)14/h1-6,15-16H. The van der Waals surface area contributed by atoms with E-state index in [-0.39, 0.29) is 11.5 Å². The maximum absolute atomic E-state index is 9.57. The van der Waals surface area contributed by atoms with Gasteiger partial charge in [-0.3, -0.25) is 0 Å². The number of hydrogen-bond donors (Lipinski definition) is 2. The van der Waals surface area contributed by atoms with Gasteiger partial charge in [0.1, 0.15) is 0 Å². The van der Waals surface area contributed by atoms with Gasteiger partial charge in [0.2, 0.25) is 0 Å². The Bertz CT molecular complexity index is 524. The molecule has 2 rings (SSSR count). The first-order valence-corrected chi connectivity index (χ1v) is 6.15. The van der Waals surface area contributed by atoms with Crippen molar-refractivity contribution < 1.29 is 10.2 Å². The molecule has 0 saturated heterocycles. The van der Waals surface area contributed by atoms with Crippen molar-refractivity contribution in [3.8, 4) is 22.6 Å². The van der Waals surface area contributed by atoms with Crippen molar-refractivity contribution in [1.29, 1.82) is 0 Å². The summed E-state index contributed by atoms with van der Waals surface area (Å²) in [6.07, 6.45) is 0. The molecule has 0 saturated carbocycles. The van der Waals surface area contributed by atoms with Gasteiger partial charge in [-0.25, -0.2) is 0 Å². The van der Waals surface area contributed by atoms with E-state index in [4.69, 9.17) is 0 Å². The van der Waals surface area contributed by atoms with Gasteiger partial charge in [0.05, 0.1) is 4.47 Å². The van der Waals surface area contributed by atoms with E-state index in [9.17, 15) is 10.2 Å². The molecule has 0 unspecified atom stereocenters. The van der Waals surface area contributed by atoms with Crippen molar-refractivity contribution >= 4 is 31.9 Å². The summed E-state index contributed by atoms with van der Waals surface area (Å²) in [5.41, 5.74) is 1.79. The van der Waals surface area contributed by atoms with Crippen LogP contribution in [0.1, 0.15) is 0 Å². The third-order valence-electron chi connectivity index (χ3n) is 2.25. The van der Waals surface area contributed by atoms with Crippen LogP contribution in [-0.4, -0.2) is 10.2 Å². The van der Waals surface area contributed by atoms with Crippen molar-refractivity contribution in [2.24, 2.45) is 0 Å². The van der Waals surface area contributed by atoms with E-state index in [1.165, 1.54) is 6.07 Å². The number of benzene rings is 2. The zero-order valence-electron chi connectivity index (χ0n) is 8.11. The second-order valence-corrected chi connectivity index (χ2v) is 4.87. The summed E-state index contributed by atoms with van der Waals surface area (Å²) in [6, 6.07) is 11.2. The lowest BCUT2D eigenvalue weighted by Gasteiger charge is -2.09. The van der Waals surface area contributed by atoms with Crippen LogP contribution in [0.15, 0.2) is 45.3 Å². The van der Waals surface area contributed by atoms with Crippen LogP contribution < -0.4 is 0 Å². The molecule has 82 valence electrons. The normalized spacial score (nSPS) is 10.4. The van der Waals surface area contributed by atoms with Gasteiger partial charge in [-0.15, -0.1) is 0 Å². The molecule has 0 aliphatic carbocycles. The van der Waals surface area contributed by atoms with Crippen molar-refractivity contribution in [3.05, 3.63) is 45.3 Å². The zero-order chi connectivity index (χ0) is 11.7. The van der Waals surface area contributed by atoms with Gasteiger partial charge < -0.3 is 10.2 Å². The Balaban J connectivity index is 2.68. The topological polar surface area (TPSA) is 40.5 Å². The predicted octanol–water partition coefficient (Wildman–Crippen LogP) is 4.29. The first kappa shape index (κ1) is 11.5. The van der Waals surface area contributed by atoms with Crippen LogP contribution in [0.3, 0.4) is 0 Å². The quantitative estimate of drug-likeness (QED) is 0.758. The number of phenolic OH excluding ortho intramolecular Hbond substituents is 2. The second-order valence-electron chi connectivity index (χ2n) is 3.29. The lowest BCUT2D eigenvalue weighted by Crippen LogP contribution is -1.82. The number of halogens is 2. The van der Waals surface area contributed by atoms with Crippen molar-refractivity contribution in [3.63, 3.8) is 0 Å². The molecule has 0 fully saturated rings. The maximum atomic E-state index is 9.57. The lowest BCUT2D eigenvalue weighted by atomic mass is 10.1. The molecule has 0 spiro atoms. The summed E-state index contributed by atoms with van der Waals surface area (Å²) in [5, 5.41) is 19.1. The summed E-state index contributed by atoms with van der Waals surface area (Å²) < 4.78 is 1.17. The summed E-state index contributed by atoms with van der Waals surface area (Å²) in [5.74, 6) is -0.305. The van der Waals surface area contributed by atoms with Gasteiger partial charge in [-0.1, -0.05) is 30.3 Å². The Hall–Kier alpha value is -1.00. The third-order valence-corrected chi connectivity index (χ3v) is 4.37. The Morgan fingerprint density at radius 3 is 2.12 bits per heavy atom. The monoisotopic (exact) mass is 342 g/mol. The van der Waals surface area contributed by atoms with E-state index in [2.05, 4.69) is 31.9 Å². The summed E-state index contributed by atoms with van der Waals surface area (Å²) >= 11 is 6.61. The van der Waals surface area contributed by atoms with Crippen LogP contribution in [0, 0.1) is 0 Å². The van der Waals surface area contributed by atoms with Crippen LogP contribution in [0.4, 0.5) is 0 Å². The van der Waals surface area contributed by atoms with Crippen LogP contribution in [0.25, 0.3) is 11.1 Å². The minimum Gasteiger partial charge on any atom is -0.504 e. The van der Waals surface area contributed by atoms with Gasteiger partial charge in [-0.2, -0.15) is 0 Å². The first-order chi connectivity index (χ1) is 7.61. The van der Waals surface area contributed by atoms with Gasteiger partial charge in [0.15, 0.2) is 11.5 Å². The minimum atomic E-state index is -0.161. The molecule has 4 heteroatoms. The Kier molecular flexibility index (Phi) is 3.21. The first-order valence-electron chi connectivity index (χ1n) is 4.56. The maximum Gasteiger partial charge on any atom is 0.173 e. The molecule has 2 aromatic carbocycles. The molecule has 2 N–H and O–H groups in total. The molecule has 0 heterocycles. The number of phenols is 2. The van der Waals surface area contributed by atoms with E-state index in [0.29, 0.717) is 8.95 Å². The van der Waals surface area contributed by atoms with Crippen LogP contribution in [0.2, 0.25) is 0 Å². The van der Waals surface area contributed by atoms with Gasteiger partial charge >= 0.3 is 0 Å². The molecular weight excluding hydrogens is 336 g/mol. The average Bonchev–Trinajstić information content (AvgIpc) is 2.32. The fourth-order valence-electron chi connectivity index (χ4n) is 1.43. The van der Waals surface area contributed by atoms with Crippen LogP contribution in [0.5, 0.6) is 11.5 Å². The van der Waals surface area contributed by atoms with E-state index in [1.807, 2.05) is 30.3 Å². The molecule has 0 amide bonds. The lowest BCUT2D eigenvalue weighted by molar-refractivity contribution is 0.401. The van der Waals surface area contributed by atoms with Crippen LogP contribution in [-0.2, 0) is 0 Å². The molecule has 0 radical (unpaired) electrons. The molecule has 0 aromatic heterocycles. The highest BCUT2D eigenvalue weighted by molar-refractivity contribution is 9.13. The molecule has 16 heavy (non-hydrogen) atoms. The smallest absolute Gasteiger partial charge is 0.173 e. The summed E-state index contributed by atoms with van der Waals surface area (Å²) in [4.78, 5) is 0. The molecule has 0 aliphatic heterocycles. The molecule has 2 nitrogen and oxygen atoms in total. The number of hydrogen-bond acceptors (Lipinski definition) is 2. The van der Waals surface area contributed by atoms with E-state index < -0.39 is 0 Å². The predicted molar refractivity (Wildman–Crippen MR) is 70.6 cm³/mol. The number of aromatic hydroxyl groups is 2. The zero-order valence-corrected chi connectivity index (χ0v) is 11.3. The Labute approximate surface area is 110 Å². The second kappa shape index (κ2) is 4.47. The van der Waals surface area contributed by atoms with Crippen LogP contribution >= 0.6 is 31.9 Å². The SMILES string of the molecule is Oc1cc(-c2ccccc2)c(Br)c(Br)c1O. The highest BCUT2D eigenvalue weighted by Gasteiger charge is 2.14. The molecule has 0 atom stereocenters. The van der Waals surface area contributed by atoms with Crippen molar-refractivity contribution in [2.45, 2.75) is 0 Å². The number of rotatable bonds is 1. The van der Waals surface area contributed by atoms with E-state index in [1.54, 1.807) is 0 Å². The Morgan fingerprint density at radius 1 is 0.875 bits per heavy atom. The minimum absolute atomic E-state index is 0.145. The van der Waals surface area contributed by atoms with Crippen molar-refractivity contribution in [1.82, 2.24) is 0 Å². The summed E-state index contributed by atoms with van der Waals surface area (Å²) in [6.45, 7) is 0. The van der Waals surface area contributed by atoms with Gasteiger partial charge in [0.25, 0.3) is 0 Å². The largest absolute Gasteiger partial charge is 0.504 e. The average molecular weight is 344 g/mol. The summed E-state index contributed by atoms with van der Waals surface area (Å²) in [7, 11) is 0. The fraction of sp³-hybridized carbons (Fsp3) is 0. The molecule has 0 bridgehead atoms. The molecular formula is C12H8Br2O2. The Morgan fingerprint density at radius 2 is 1.50 bits per heavy atom.